The Morgan fingerprint density at radius 1 is 1.20 bits per heavy atom. The Morgan fingerprint density at radius 2 is 2.07 bits per heavy atom. The van der Waals surface area contributed by atoms with Gasteiger partial charge in [0.1, 0.15) is 0 Å². The van der Waals surface area contributed by atoms with E-state index in [2.05, 4.69) is 29.2 Å². The lowest BCUT2D eigenvalue weighted by molar-refractivity contribution is 0.818. The monoisotopic (exact) mass is 216 g/mol. The minimum atomic E-state index is 0.691. The predicted octanol–water partition coefficient (Wildman–Crippen LogP) is 2.88. The summed E-state index contributed by atoms with van der Waals surface area (Å²) >= 11 is 1.61. The Bertz CT molecular complexity index is 502. The van der Waals surface area contributed by atoms with Crippen LogP contribution in [0.25, 0.3) is 10.4 Å². The lowest BCUT2D eigenvalue weighted by atomic mass is 10.0. The van der Waals surface area contributed by atoms with Crippen LogP contribution in [0.15, 0.2) is 24.3 Å². The van der Waals surface area contributed by atoms with Crippen molar-refractivity contribution in [2.45, 2.75) is 19.3 Å². The van der Waals surface area contributed by atoms with Crippen LogP contribution in [0.1, 0.15) is 17.7 Å². The fourth-order valence-electron chi connectivity index (χ4n) is 2.16. The molecule has 0 saturated carbocycles. The number of rotatable bonds is 0. The molecule has 0 aliphatic heterocycles. The van der Waals surface area contributed by atoms with E-state index in [4.69, 9.17) is 5.73 Å². The molecule has 0 saturated heterocycles. The first-order chi connectivity index (χ1) is 7.34. The van der Waals surface area contributed by atoms with Crippen LogP contribution >= 0.6 is 11.3 Å². The van der Waals surface area contributed by atoms with Gasteiger partial charge in [-0.25, -0.2) is 4.98 Å². The van der Waals surface area contributed by atoms with E-state index in [0.29, 0.717) is 5.13 Å². The van der Waals surface area contributed by atoms with E-state index in [1.165, 1.54) is 28.1 Å². The fraction of sp³-hybridized carbons (Fsp3) is 0.250. The number of aryl methyl sites for hydroxylation is 2. The number of nitrogen functional groups attached to an aromatic ring is 1. The molecule has 0 bridgehead atoms. The third-order valence-corrected chi connectivity index (χ3v) is 3.80. The molecule has 1 aliphatic rings. The SMILES string of the molecule is Nc1nc2c(s1)-c1ccccc1CCC2. The van der Waals surface area contributed by atoms with Gasteiger partial charge in [-0.1, -0.05) is 35.6 Å². The quantitative estimate of drug-likeness (QED) is 0.735. The highest BCUT2D eigenvalue weighted by atomic mass is 32.1. The zero-order chi connectivity index (χ0) is 10.3. The van der Waals surface area contributed by atoms with Crippen molar-refractivity contribution in [1.29, 1.82) is 0 Å². The first-order valence-electron chi connectivity index (χ1n) is 5.18. The molecular weight excluding hydrogens is 204 g/mol. The lowest BCUT2D eigenvalue weighted by Crippen LogP contribution is -1.88. The second kappa shape index (κ2) is 3.35. The van der Waals surface area contributed by atoms with Gasteiger partial charge in [0.2, 0.25) is 0 Å². The molecule has 1 aromatic heterocycles. The summed E-state index contributed by atoms with van der Waals surface area (Å²) in [5, 5.41) is 0.691. The molecule has 2 N–H and O–H groups in total. The summed E-state index contributed by atoms with van der Waals surface area (Å²) in [7, 11) is 0. The van der Waals surface area contributed by atoms with Gasteiger partial charge in [0.15, 0.2) is 5.13 Å². The molecule has 2 aromatic rings. The molecule has 0 spiro atoms. The molecule has 15 heavy (non-hydrogen) atoms. The topological polar surface area (TPSA) is 38.9 Å². The molecule has 1 aliphatic carbocycles. The first-order valence-corrected chi connectivity index (χ1v) is 6.00. The maximum absolute atomic E-state index is 5.77. The van der Waals surface area contributed by atoms with E-state index in [0.717, 1.165) is 12.8 Å². The molecule has 0 fully saturated rings. The summed E-state index contributed by atoms with van der Waals surface area (Å²) in [5.41, 5.74) is 9.72. The van der Waals surface area contributed by atoms with Gasteiger partial charge in [-0.2, -0.15) is 0 Å². The largest absolute Gasteiger partial charge is 0.375 e. The van der Waals surface area contributed by atoms with Crippen molar-refractivity contribution in [2.75, 3.05) is 5.73 Å². The molecule has 0 amide bonds. The second-order valence-electron chi connectivity index (χ2n) is 3.84. The molecule has 3 heteroatoms. The minimum absolute atomic E-state index is 0.691. The summed E-state index contributed by atoms with van der Waals surface area (Å²) in [4.78, 5) is 5.68. The highest BCUT2D eigenvalue weighted by molar-refractivity contribution is 7.18. The number of anilines is 1. The summed E-state index contributed by atoms with van der Waals surface area (Å²) < 4.78 is 0. The molecular formula is C12H12N2S. The van der Waals surface area contributed by atoms with E-state index in [-0.39, 0.29) is 0 Å². The zero-order valence-electron chi connectivity index (χ0n) is 8.36. The van der Waals surface area contributed by atoms with Crippen LogP contribution in [0.3, 0.4) is 0 Å². The van der Waals surface area contributed by atoms with Crippen molar-refractivity contribution in [3.8, 4) is 10.4 Å². The predicted molar refractivity (Wildman–Crippen MR) is 64.0 cm³/mol. The highest BCUT2D eigenvalue weighted by Crippen LogP contribution is 2.37. The van der Waals surface area contributed by atoms with E-state index in [1.807, 2.05) is 0 Å². The number of fused-ring (bicyclic) bond motifs is 3. The number of aromatic nitrogens is 1. The molecule has 1 aromatic carbocycles. The van der Waals surface area contributed by atoms with Crippen molar-refractivity contribution in [1.82, 2.24) is 4.98 Å². The standard InChI is InChI=1S/C12H12N2S/c13-12-14-10-7-3-5-8-4-1-2-6-9(8)11(10)15-12/h1-2,4,6H,3,5,7H2,(H2,13,14). The summed E-state index contributed by atoms with van der Waals surface area (Å²) in [6.07, 6.45) is 3.38. The van der Waals surface area contributed by atoms with E-state index >= 15 is 0 Å². The van der Waals surface area contributed by atoms with Crippen molar-refractivity contribution in [3.05, 3.63) is 35.5 Å². The van der Waals surface area contributed by atoms with Gasteiger partial charge >= 0.3 is 0 Å². The molecule has 3 rings (SSSR count). The third kappa shape index (κ3) is 1.43. The smallest absolute Gasteiger partial charge is 0.180 e. The molecule has 2 nitrogen and oxygen atoms in total. The van der Waals surface area contributed by atoms with Crippen LogP contribution < -0.4 is 5.73 Å². The maximum Gasteiger partial charge on any atom is 0.180 e. The summed E-state index contributed by atoms with van der Waals surface area (Å²) in [6, 6.07) is 8.58. The van der Waals surface area contributed by atoms with Gasteiger partial charge in [0, 0.05) is 0 Å². The van der Waals surface area contributed by atoms with Crippen molar-refractivity contribution in [3.63, 3.8) is 0 Å². The van der Waals surface area contributed by atoms with Crippen molar-refractivity contribution in [2.24, 2.45) is 0 Å². The van der Waals surface area contributed by atoms with E-state index in [9.17, 15) is 0 Å². The van der Waals surface area contributed by atoms with Gasteiger partial charge in [-0.05, 0) is 30.4 Å². The Labute approximate surface area is 92.8 Å². The van der Waals surface area contributed by atoms with Crippen molar-refractivity contribution < 1.29 is 0 Å². The number of nitrogens with zero attached hydrogens (tertiary/aromatic N) is 1. The molecule has 0 unspecified atom stereocenters. The number of nitrogens with two attached hydrogens (primary N) is 1. The third-order valence-electron chi connectivity index (χ3n) is 2.84. The van der Waals surface area contributed by atoms with Gasteiger partial charge in [0.05, 0.1) is 10.6 Å². The second-order valence-corrected chi connectivity index (χ2v) is 4.87. The van der Waals surface area contributed by atoms with Crippen molar-refractivity contribution >= 4 is 16.5 Å². The Morgan fingerprint density at radius 3 is 3.00 bits per heavy atom. The molecule has 0 atom stereocenters. The number of hydrogen-bond acceptors (Lipinski definition) is 3. The van der Waals surface area contributed by atoms with Crippen LogP contribution in [-0.2, 0) is 12.8 Å². The van der Waals surface area contributed by atoms with Crippen LogP contribution in [0.4, 0.5) is 5.13 Å². The zero-order valence-corrected chi connectivity index (χ0v) is 9.18. The van der Waals surface area contributed by atoms with Crippen LogP contribution in [0, 0.1) is 0 Å². The van der Waals surface area contributed by atoms with Gasteiger partial charge in [-0.15, -0.1) is 0 Å². The number of benzene rings is 1. The normalized spacial score (nSPS) is 14.1. The Hall–Kier alpha value is -1.35. The van der Waals surface area contributed by atoms with E-state index in [1.54, 1.807) is 11.3 Å². The maximum atomic E-state index is 5.77. The fourth-order valence-corrected chi connectivity index (χ4v) is 3.10. The number of hydrogen-bond donors (Lipinski definition) is 1. The molecule has 0 radical (unpaired) electrons. The number of thiazole rings is 1. The highest BCUT2D eigenvalue weighted by Gasteiger charge is 2.17. The van der Waals surface area contributed by atoms with Gasteiger partial charge in [-0.3, -0.25) is 0 Å². The lowest BCUT2D eigenvalue weighted by Gasteiger charge is -2.03. The molecule has 76 valence electrons. The van der Waals surface area contributed by atoms with Crippen LogP contribution in [0.2, 0.25) is 0 Å². The Balaban J connectivity index is 2.26. The molecule has 1 heterocycles. The van der Waals surface area contributed by atoms with E-state index < -0.39 is 0 Å². The summed E-state index contributed by atoms with van der Waals surface area (Å²) in [5.74, 6) is 0. The Kier molecular flexibility index (Phi) is 1.99. The van der Waals surface area contributed by atoms with Gasteiger partial charge in [0.25, 0.3) is 0 Å². The average Bonchev–Trinajstić information content (AvgIpc) is 2.52. The van der Waals surface area contributed by atoms with Crippen LogP contribution in [0.5, 0.6) is 0 Å². The average molecular weight is 216 g/mol. The van der Waals surface area contributed by atoms with Crippen LogP contribution in [-0.4, -0.2) is 4.98 Å². The first kappa shape index (κ1) is 8.92. The van der Waals surface area contributed by atoms with Gasteiger partial charge < -0.3 is 5.73 Å². The minimum Gasteiger partial charge on any atom is -0.375 e. The summed E-state index contributed by atoms with van der Waals surface area (Å²) in [6.45, 7) is 0.